The van der Waals surface area contributed by atoms with Gasteiger partial charge in [0.1, 0.15) is 5.76 Å². The first kappa shape index (κ1) is 14.9. The predicted octanol–water partition coefficient (Wildman–Crippen LogP) is 3.98. The number of hydrogen-bond donors (Lipinski definition) is 1. The van der Waals surface area contributed by atoms with Crippen molar-refractivity contribution in [2.75, 3.05) is 11.1 Å². The zero-order valence-corrected chi connectivity index (χ0v) is 13.1. The van der Waals surface area contributed by atoms with Crippen molar-refractivity contribution in [1.29, 1.82) is 0 Å². The molecule has 2 rings (SSSR count). The summed E-state index contributed by atoms with van der Waals surface area (Å²) in [5.74, 6) is 0.895. The number of carbonyl (C=O) groups is 1. The van der Waals surface area contributed by atoms with Gasteiger partial charge in [0, 0.05) is 10.7 Å². The fraction of sp³-hybridized carbons (Fsp3) is 0.286. The Bertz CT molecular complexity index is 621. The molecule has 0 atom stereocenters. The van der Waals surface area contributed by atoms with Crippen molar-refractivity contribution in [3.05, 3.63) is 40.2 Å². The van der Waals surface area contributed by atoms with Gasteiger partial charge in [-0.15, -0.1) is 0 Å². The standard InChI is InChI=1S/C14H15ClN2O2S/c1-8-4-5-11(6-12(8)15)17-13(18)7-20-14-16-9(2)10(3)19-14/h4-6H,7H2,1-3H3,(H,17,18). The van der Waals surface area contributed by atoms with Crippen LogP contribution in [-0.4, -0.2) is 16.6 Å². The van der Waals surface area contributed by atoms with Crippen molar-refractivity contribution in [2.45, 2.75) is 26.0 Å². The summed E-state index contributed by atoms with van der Waals surface area (Å²) in [7, 11) is 0. The maximum Gasteiger partial charge on any atom is 0.256 e. The van der Waals surface area contributed by atoms with Gasteiger partial charge in [-0.3, -0.25) is 4.79 Å². The molecule has 1 amide bonds. The molecule has 0 unspecified atom stereocenters. The molecule has 4 nitrogen and oxygen atoms in total. The molecule has 1 aromatic carbocycles. The molecular weight excluding hydrogens is 296 g/mol. The molecule has 0 radical (unpaired) electrons. The number of nitrogens with zero attached hydrogens (tertiary/aromatic N) is 1. The molecule has 0 aliphatic rings. The summed E-state index contributed by atoms with van der Waals surface area (Å²) < 4.78 is 5.40. The van der Waals surface area contributed by atoms with Crippen LogP contribution in [0.5, 0.6) is 0 Å². The van der Waals surface area contributed by atoms with E-state index in [1.807, 2.05) is 32.9 Å². The number of rotatable bonds is 4. The van der Waals surface area contributed by atoms with Gasteiger partial charge >= 0.3 is 0 Å². The number of halogens is 1. The number of aryl methyl sites for hydroxylation is 3. The van der Waals surface area contributed by atoms with E-state index in [1.165, 1.54) is 11.8 Å². The third-order valence-electron chi connectivity index (χ3n) is 2.79. The minimum atomic E-state index is -0.122. The van der Waals surface area contributed by atoms with Gasteiger partial charge in [0.25, 0.3) is 5.22 Å². The average Bonchev–Trinajstić information content (AvgIpc) is 2.71. The minimum absolute atomic E-state index is 0.122. The van der Waals surface area contributed by atoms with Crippen LogP contribution in [0.15, 0.2) is 27.8 Å². The van der Waals surface area contributed by atoms with E-state index in [0.717, 1.165) is 17.0 Å². The molecule has 6 heteroatoms. The summed E-state index contributed by atoms with van der Waals surface area (Å²) in [6.07, 6.45) is 0. The van der Waals surface area contributed by atoms with E-state index in [1.54, 1.807) is 6.07 Å². The Morgan fingerprint density at radius 3 is 2.75 bits per heavy atom. The zero-order chi connectivity index (χ0) is 14.7. The van der Waals surface area contributed by atoms with Gasteiger partial charge < -0.3 is 9.73 Å². The van der Waals surface area contributed by atoms with E-state index in [-0.39, 0.29) is 11.7 Å². The Morgan fingerprint density at radius 1 is 1.40 bits per heavy atom. The summed E-state index contributed by atoms with van der Waals surface area (Å²) in [5.41, 5.74) is 2.51. The van der Waals surface area contributed by atoms with Crippen LogP contribution < -0.4 is 5.32 Å². The Balaban J connectivity index is 1.90. The van der Waals surface area contributed by atoms with Crippen molar-refractivity contribution in [2.24, 2.45) is 0 Å². The lowest BCUT2D eigenvalue weighted by Crippen LogP contribution is -2.14. The normalized spacial score (nSPS) is 10.6. The number of anilines is 1. The van der Waals surface area contributed by atoms with Crippen molar-refractivity contribution >= 4 is 35.0 Å². The van der Waals surface area contributed by atoms with Crippen LogP contribution in [-0.2, 0) is 4.79 Å². The van der Waals surface area contributed by atoms with Crippen molar-refractivity contribution in [3.63, 3.8) is 0 Å². The number of hydrogen-bond acceptors (Lipinski definition) is 4. The summed E-state index contributed by atoms with van der Waals surface area (Å²) >= 11 is 7.28. The largest absolute Gasteiger partial charge is 0.437 e. The van der Waals surface area contributed by atoms with Gasteiger partial charge in [-0.1, -0.05) is 29.4 Å². The number of benzene rings is 1. The van der Waals surface area contributed by atoms with Gasteiger partial charge in [-0.25, -0.2) is 4.98 Å². The van der Waals surface area contributed by atoms with E-state index in [2.05, 4.69) is 10.3 Å². The SMILES string of the molecule is Cc1ccc(NC(=O)CSc2nc(C)c(C)o2)cc1Cl. The molecule has 0 bridgehead atoms. The van der Waals surface area contributed by atoms with Gasteiger partial charge in [0.15, 0.2) is 0 Å². The van der Waals surface area contributed by atoms with Crippen LogP contribution in [0, 0.1) is 20.8 Å². The Morgan fingerprint density at radius 2 is 2.15 bits per heavy atom. The summed E-state index contributed by atoms with van der Waals surface area (Å²) in [4.78, 5) is 16.0. The molecular formula is C14H15ClN2O2S. The second-order valence-corrected chi connectivity index (χ2v) is 5.76. The number of thioether (sulfide) groups is 1. The Hall–Kier alpha value is -1.46. The van der Waals surface area contributed by atoms with Crippen LogP contribution in [0.2, 0.25) is 5.02 Å². The van der Waals surface area contributed by atoms with E-state index in [9.17, 15) is 4.79 Å². The van der Waals surface area contributed by atoms with Crippen LogP contribution in [0.4, 0.5) is 5.69 Å². The molecule has 0 aliphatic heterocycles. The monoisotopic (exact) mass is 310 g/mol. The molecule has 1 aromatic heterocycles. The molecule has 0 saturated heterocycles. The maximum absolute atomic E-state index is 11.8. The quantitative estimate of drug-likeness (QED) is 0.868. The smallest absolute Gasteiger partial charge is 0.256 e. The van der Waals surface area contributed by atoms with E-state index >= 15 is 0 Å². The second-order valence-electron chi connectivity index (χ2n) is 4.42. The van der Waals surface area contributed by atoms with E-state index in [4.69, 9.17) is 16.0 Å². The summed E-state index contributed by atoms with van der Waals surface area (Å²) in [6.45, 7) is 5.63. The maximum atomic E-state index is 11.8. The number of nitrogens with one attached hydrogen (secondary N) is 1. The first-order valence-electron chi connectivity index (χ1n) is 6.08. The molecule has 20 heavy (non-hydrogen) atoms. The fourth-order valence-corrected chi connectivity index (χ4v) is 2.39. The Kier molecular flexibility index (Phi) is 4.73. The number of amides is 1. The van der Waals surface area contributed by atoms with Crippen molar-refractivity contribution in [3.8, 4) is 0 Å². The molecule has 2 aromatic rings. The highest BCUT2D eigenvalue weighted by molar-refractivity contribution is 7.99. The van der Waals surface area contributed by atoms with Crippen LogP contribution in [0.1, 0.15) is 17.0 Å². The molecule has 106 valence electrons. The number of oxazole rings is 1. The van der Waals surface area contributed by atoms with Crippen LogP contribution >= 0.6 is 23.4 Å². The van der Waals surface area contributed by atoms with E-state index < -0.39 is 0 Å². The topological polar surface area (TPSA) is 55.1 Å². The minimum Gasteiger partial charge on any atom is -0.437 e. The first-order valence-corrected chi connectivity index (χ1v) is 7.45. The molecule has 0 fully saturated rings. The second kappa shape index (κ2) is 6.33. The summed E-state index contributed by atoms with van der Waals surface area (Å²) in [6, 6.07) is 5.42. The lowest BCUT2D eigenvalue weighted by atomic mass is 10.2. The molecule has 0 saturated carbocycles. The van der Waals surface area contributed by atoms with Gasteiger partial charge in [-0.05, 0) is 38.5 Å². The number of carbonyl (C=O) groups excluding carboxylic acids is 1. The highest BCUT2D eigenvalue weighted by Crippen LogP contribution is 2.22. The number of aromatic nitrogens is 1. The highest BCUT2D eigenvalue weighted by atomic mass is 35.5. The zero-order valence-electron chi connectivity index (χ0n) is 11.5. The van der Waals surface area contributed by atoms with Crippen LogP contribution in [0.25, 0.3) is 0 Å². The van der Waals surface area contributed by atoms with Gasteiger partial charge in [0.2, 0.25) is 5.91 Å². The molecule has 0 spiro atoms. The highest BCUT2D eigenvalue weighted by Gasteiger charge is 2.10. The average molecular weight is 311 g/mol. The molecule has 0 aliphatic carbocycles. The lowest BCUT2D eigenvalue weighted by Gasteiger charge is -2.05. The molecule has 1 heterocycles. The predicted molar refractivity (Wildman–Crippen MR) is 81.5 cm³/mol. The van der Waals surface area contributed by atoms with Crippen molar-refractivity contribution < 1.29 is 9.21 Å². The fourth-order valence-electron chi connectivity index (χ4n) is 1.50. The summed E-state index contributed by atoms with van der Waals surface area (Å²) in [5, 5.41) is 3.93. The third kappa shape index (κ3) is 3.77. The molecule has 1 N–H and O–H groups in total. The van der Waals surface area contributed by atoms with Gasteiger partial charge in [0.05, 0.1) is 11.4 Å². The van der Waals surface area contributed by atoms with Crippen LogP contribution in [0.3, 0.4) is 0 Å². The third-order valence-corrected chi connectivity index (χ3v) is 4.03. The Labute approximate surface area is 126 Å². The van der Waals surface area contributed by atoms with E-state index in [0.29, 0.717) is 15.9 Å². The lowest BCUT2D eigenvalue weighted by molar-refractivity contribution is -0.113. The first-order chi connectivity index (χ1) is 9.45. The van der Waals surface area contributed by atoms with Crippen molar-refractivity contribution in [1.82, 2.24) is 4.98 Å². The van der Waals surface area contributed by atoms with Gasteiger partial charge in [-0.2, -0.15) is 0 Å².